The van der Waals surface area contributed by atoms with Crippen LogP contribution in [0.5, 0.6) is 0 Å². The van der Waals surface area contributed by atoms with Gasteiger partial charge in [-0.25, -0.2) is 0 Å². The molecule has 3 aliphatic rings. The number of aliphatic hydroxyl groups excluding tert-OH is 1. The fourth-order valence-electron chi connectivity index (χ4n) is 4.63. The van der Waals surface area contributed by atoms with E-state index in [1.54, 1.807) is 0 Å². The Morgan fingerprint density at radius 2 is 1.62 bits per heavy atom. The Morgan fingerprint density at radius 3 is 2.38 bits per heavy atom. The van der Waals surface area contributed by atoms with Crippen LogP contribution >= 0.6 is 0 Å². The van der Waals surface area contributed by atoms with Gasteiger partial charge < -0.3 is 14.9 Å². The Bertz CT molecular complexity index is 398. The van der Waals surface area contributed by atoms with Gasteiger partial charge in [-0.15, -0.1) is 0 Å². The molecule has 2 heterocycles. The molecule has 0 spiro atoms. The summed E-state index contributed by atoms with van der Waals surface area (Å²) in [6, 6.07) is 0. The molecular weight excluding hydrogens is 302 g/mol. The highest BCUT2D eigenvalue weighted by Gasteiger charge is 2.25. The second-order valence-electron chi connectivity index (χ2n) is 8.06. The first-order chi connectivity index (χ1) is 11.7. The Balaban J connectivity index is 1.37. The molecule has 0 aromatic heterocycles. The highest BCUT2D eigenvalue weighted by Crippen LogP contribution is 2.24. The third-order valence-electron chi connectivity index (χ3n) is 5.99. The first kappa shape index (κ1) is 18.2. The minimum atomic E-state index is -0.406. The molecule has 1 unspecified atom stereocenters. The van der Waals surface area contributed by atoms with Crippen LogP contribution in [0.1, 0.15) is 51.4 Å². The zero-order valence-electron chi connectivity index (χ0n) is 15.2. The number of hydrogen-bond acceptors (Lipinski definition) is 4. The number of amides is 1. The van der Waals surface area contributed by atoms with Gasteiger partial charge in [0.25, 0.3) is 0 Å². The molecule has 1 N–H and O–H groups in total. The smallest absolute Gasteiger partial charge is 0.222 e. The van der Waals surface area contributed by atoms with E-state index < -0.39 is 6.10 Å². The van der Waals surface area contributed by atoms with Crippen LogP contribution in [0.3, 0.4) is 0 Å². The van der Waals surface area contributed by atoms with Crippen molar-refractivity contribution < 1.29 is 9.90 Å². The van der Waals surface area contributed by atoms with Crippen molar-refractivity contribution in [3.63, 3.8) is 0 Å². The van der Waals surface area contributed by atoms with E-state index in [1.807, 2.05) is 4.90 Å². The maximum Gasteiger partial charge on any atom is 0.222 e. The lowest BCUT2D eigenvalue weighted by atomic mass is 9.89. The van der Waals surface area contributed by atoms with Crippen LogP contribution in [0.15, 0.2) is 0 Å². The molecule has 24 heavy (non-hydrogen) atoms. The first-order valence-corrected chi connectivity index (χ1v) is 10.1. The molecule has 0 radical (unpaired) electrons. The van der Waals surface area contributed by atoms with Crippen molar-refractivity contribution in [2.24, 2.45) is 5.92 Å². The summed E-state index contributed by atoms with van der Waals surface area (Å²) in [6.45, 7) is 7.79. The fraction of sp³-hybridized carbons (Fsp3) is 0.947. The van der Waals surface area contributed by atoms with Gasteiger partial charge in [-0.1, -0.05) is 19.3 Å². The van der Waals surface area contributed by atoms with Crippen molar-refractivity contribution in [3.05, 3.63) is 0 Å². The largest absolute Gasteiger partial charge is 0.390 e. The molecule has 1 atom stereocenters. The molecule has 3 fully saturated rings. The van der Waals surface area contributed by atoms with Crippen molar-refractivity contribution in [2.45, 2.75) is 57.5 Å². The minimum absolute atomic E-state index is 0.212. The van der Waals surface area contributed by atoms with Crippen molar-refractivity contribution in [1.29, 1.82) is 0 Å². The van der Waals surface area contributed by atoms with Crippen molar-refractivity contribution >= 4 is 5.91 Å². The number of nitrogens with zero attached hydrogens (tertiary/aromatic N) is 3. The number of likely N-dealkylation sites (tertiary alicyclic amines) is 1. The van der Waals surface area contributed by atoms with Gasteiger partial charge in [0.05, 0.1) is 6.10 Å². The second-order valence-corrected chi connectivity index (χ2v) is 8.06. The van der Waals surface area contributed by atoms with Gasteiger partial charge in [0.2, 0.25) is 5.91 Å². The Labute approximate surface area is 147 Å². The van der Waals surface area contributed by atoms with Crippen LogP contribution in [-0.4, -0.2) is 84.2 Å². The number of aliphatic hydroxyl groups is 1. The predicted molar refractivity (Wildman–Crippen MR) is 95.9 cm³/mol. The van der Waals surface area contributed by atoms with Crippen LogP contribution in [0, 0.1) is 5.92 Å². The zero-order valence-corrected chi connectivity index (χ0v) is 15.2. The second kappa shape index (κ2) is 9.16. The number of carbonyl (C=O) groups is 1. The van der Waals surface area contributed by atoms with Gasteiger partial charge >= 0.3 is 0 Å². The van der Waals surface area contributed by atoms with Gasteiger partial charge in [-0.05, 0) is 44.7 Å². The van der Waals surface area contributed by atoms with Crippen LogP contribution < -0.4 is 0 Å². The number of carbonyl (C=O) groups excluding carboxylic acids is 1. The molecule has 1 amide bonds. The molecule has 1 saturated carbocycles. The molecule has 0 bridgehead atoms. The molecule has 2 saturated heterocycles. The third-order valence-corrected chi connectivity index (χ3v) is 5.99. The van der Waals surface area contributed by atoms with E-state index in [0.29, 0.717) is 19.5 Å². The normalized spacial score (nSPS) is 26.7. The summed E-state index contributed by atoms with van der Waals surface area (Å²) in [6.07, 6.45) is 9.52. The molecule has 0 aromatic carbocycles. The number of rotatable bonds is 6. The van der Waals surface area contributed by atoms with Gasteiger partial charge in [0.1, 0.15) is 0 Å². The summed E-state index contributed by atoms with van der Waals surface area (Å²) in [5.41, 5.74) is 0. The van der Waals surface area contributed by atoms with Crippen LogP contribution in [-0.2, 0) is 4.79 Å². The molecule has 138 valence electrons. The highest BCUT2D eigenvalue weighted by molar-refractivity contribution is 5.78. The SMILES string of the molecule is O=C1CCCN1CC(O)CN1CCCN(CC2CCCCC2)CC1. The average Bonchev–Trinajstić information content (AvgIpc) is 2.84. The number of hydrogen-bond donors (Lipinski definition) is 1. The van der Waals surface area contributed by atoms with E-state index in [1.165, 1.54) is 51.6 Å². The van der Waals surface area contributed by atoms with E-state index in [4.69, 9.17) is 0 Å². The summed E-state index contributed by atoms with van der Waals surface area (Å²) in [4.78, 5) is 18.6. The lowest BCUT2D eigenvalue weighted by Gasteiger charge is -2.29. The predicted octanol–water partition coefficient (Wildman–Crippen LogP) is 1.56. The topological polar surface area (TPSA) is 47.0 Å². The van der Waals surface area contributed by atoms with Crippen molar-refractivity contribution in [1.82, 2.24) is 14.7 Å². The van der Waals surface area contributed by atoms with Gasteiger partial charge in [0.15, 0.2) is 0 Å². The summed E-state index contributed by atoms with van der Waals surface area (Å²) >= 11 is 0. The maximum atomic E-state index is 11.7. The van der Waals surface area contributed by atoms with E-state index in [9.17, 15) is 9.90 Å². The minimum Gasteiger partial charge on any atom is -0.390 e. The zero-order chi connectivity index (χ0) is 16.8. The lowest BCUT2D eigenvalue weighted by Crippen LogP contribution is -2.42. The molecule has 1 aliphatic carbocycles. The summed E-state index contributed by atoms with van der Waals surface area (Å²) in [5, 5.41) is 10.3. The Hall–Kier alpha value is -0.650. The standard InChI is InChI=1S/C19H35N3O2/c23-18(16-22-11-4-8-19(22)24)15-21-10-5-9-20(12-13-21)14-17-6-2-1-3-7-17/h17-18,23H,1-16H2. The quantitative estimate of drug-likeness (QED) is 0.799. The fourth-order valence-corrected chi connectivity index (χ4v) is 4.63. The van der Waals surface area contributed by atoms with Gasteiger partial charge in [0, 0.05) is 45.7 Å². The van der Waals surface area contributed by atoms with Crippen LogP contribution in [0.25, 0.3) is 0 Å². The van der Waals surface area contributed by atoms with Crippen molar-refractivity contribution in [2.75, 3.05) is 52.4 Å². The first-order valence-electron chi connectivity index (χ1n) is 10.1. The molecule has 2 aliphatic heterocycles. The molecule has 5 nitrogen and oxygen atoms in total. The maximum absolute atomic E-state index is 11.7. The number of β-amino-alcohol motifs (C(OH)–C–C–N with tert-alkyl or cyclic N) is 1. The highest BCUT2D eigenvalue weighted by atomic mass is 16.3. The summed E-state index contributed by atoms with van der Waals surface area (Å²) in [7, 11) is 0. The van der Waals surface area contributed by atoms with E-state index >= 15 is 0 Å². The summed E-state index contributed by atoms with van der Waals surface area (Å²) < 4.78 is 0. The van der Waals surface area contributed by atoms with Gasteiger partial charge in [-0.2, -0.15) is 0 Å². The molecule has 5 heteroatoms. The molecule has 3 rings (SSSR count). The van der Waals surface area contributed by atoms with Crippen LogP contribution in [0.2, 0.25) is 0 Å². The Morgan fingerprint density at radius 1 is 0.875 bits per heavy atom. The lowest BCUT2D eigenvalue weighted by molar-refractivity contribution is -0.129. The van der Waals surface area contributed by atoms with E-state index in [-0.39, 0.29) is 5.91 Å². The monoisotopic (exact) mass is 337 g/mol. The Kier molecular flexibility index (Phi) is 6.93. The van der Waals surface area contributed by atoms with E-state index in [0.717, 1.165) is 38.5 Å². The summed E-state index contributed by atoms with van der Waals surface area (Å²) in [5.74, 6) is 1.13. The molecule has 0 aromatic rings. The third kappa shape index (κ3) is 5.43. The van der Waals surface area contributed by atoms with Crippen LogP contribution in [0.4, 0.5) is 0 Å². The van der Waals surface area contributed by atoms with Gasteiger partial charge in [-0.3, -0.25) is 9.69 Å². The average molecular weight is 338 g/mol. The van der Waals surface area contributed by atoms with Crippen molar-refractivity contribution in [3.8, 4) is 0 Å². The van der Waals surface area contributed by atoms with E-state index in [2.05, 4.69) is 9.80 Å². The molecular formula is C19H35N3O2.